The summed E-state index contributed by atoms with van der Waals surface area (Å²) in [6.45, 7) is 1.30. The molecule has 0 aliphatic rings. The fourth-order valence-corrected chi connectivity index (χ4v) is 1.90. The summed E-state index contributed by atoms with van der Waals surface area (Å²) in [5.41, 5.74) is 2.12. The first-order valence-electron chi connectivity index (χ1n) is 6.23. The Bertz CT molecular complexity index is 543. The van der Waals surface area contributed by atoms with Crippen molar-refractivity contribution < 1.29 is 5.11 Å². The van der Waals surface area contributed by atoms with E-state index in [0.29, 0.717) is 13.1 Å². The van der Waals surface area contributed by atoms with Gasteiger partial charge in [0.15, 0.2) is 0 Å². The smallest absolute Gasteiger partial charge is 0.115 e. The Morgan fingerprint density at radius 3 is 2.37 bits per heavy atom. The number of rotatable bonds is 5. The quantitative estimate of drug-likeness (QED) is 0.860. The summed E-state index contributed by atoms with van der Waals surface area (Å²) in [5, 5.41) is 21.7. The summed E-state index contributed by atoms with van der Waals surface area (Å²) in [6.07, 6.45) is 0. The molecule has 3 nitrogen and oxygen atoms in total. The third kappa shape index (κ3) is 3.84. The Hall–Kier alpha value is -2.31. The van der Waals surface area contributed by atoms with Crippen LogP contribution in [-0.2, 0) is 6.54 Å². The number of phenols is 1. The number of benzene rings is 2. The molecule has 0 amide bonds. The van der Waals surface area contributed by atoms with Crippen molar-refractivity contribution in [3.8, 4) is 11.8 Å². The van der Waals surface area contributed by atoms with Gasteiger partial charge in [0.1, 0.15) is 5.75 Å². The van der Waals surface area contributed by atoms with Gasteiger partial charge in [-0.1, -0.05) is 42.5 Å². The van der Waals surface area contributed by atoms with E-state index < -0.39 is 0 Å². The van der Waals surface area contributed by atoms with Crippen molar-refractivity contribution in [1.29, 1.82) is 5.26 Å². The van der Waals surface area contributed by atoms with Gasteiger partial charge in [0, 0.05) is 13.1 Å². The summed E-state index contributed by atoms with van der Waals surface area (Å²) in [4.78, 5) is 0. The lowest BCUT2D eigenvalue weighted by Gasteiger charge is -2.11. The Morgan fingerprint density at radius 2 is 1.74 bits per heavy atom. The van der Waals surface area contributed by atoms with Crippen LogP contribution in [0.15, 0.2) is 54.6 Å². The average molecular weight is 252 g/mol. The largest absolute Gasteiger partial charge is 0.508 e. The normalized spacial score (nSPS) is 11.7. The molecule has 19 heavy (non-hydrogen) atoms. The zero-order chi connectivity index (χ0) is 13.5. The minimum absolute atomic E-state index is 0.140. The predicted molar refractivity (Wildman–Crippen MR) is 74.6 cm³/mol. The summed E-state index contributed by atoms with van der Waals surface area (Å²) in [7, 11) is 0. The summed E-state index contributed by atoms with van der Waals surface area (Å²) < 4.78 is 0. The molecule has 1 unspecified atom stereocenters. The van der Waals surface area contributed by atoms with Crippen LogP contribution >= 0.6 is 0 Å². The van der Waals surface area contributed by atoms with Crippen molar-refractivity contribution in [2.24, 2.45) is 0 Å². The summed E-state index contributed by atoms with van der Waals surface area (Å²) in [6, 6.07) is 19.1. The number of phenolic OH excluding ortho intramolecular Hbond substituents is 1. The Balaban J connectivity index is 1.88. The molecule has 0 fully saturated rings. The van der Waals surface area contributed by atoms with Gasteiger partial charge in [-0.25, -0.2) is 0 Å². The van der Waals surface area contributed by atoms with Crippen molar-refractivity contribution >= 4 is 0 Å². The molecule has 2 aromatic carbocycles. The number of nitriles is 1. The molecule has 0 aliphatic carbocycles. The van der Waals surface area contributed by atoms with Gasteiger partial charge in [-0.2, -0.15) is 5.26 Å². The average Bonchev–Trinajstić information content (AvgIpc) is 2.46. The maximum absolute atomic E-state index is 9.19. The Labute approximate surface area is 113 Å². The van der Waals surface area contributed by atoms with E-state index >= 15 is 0 Å². The van der Waals surface area contributed by atoms with Crippen LogP contribution in [0.2, 0.25) is 0 Å². The van der Waals surface area contributed by atoms with Crippen LogP contribution in [0.3, 0.4) is 0 Å². The molecule has 2 rings (SSSR count). The molecule has 0 spiro atoms. The standard InChI is InChI=1S/C16H16N2O/c17-10-15(14-4-2-1-3-5-14)12-18-11-13-6-8-16(19)9-7-13/h1-9,15,18-19H,11-12H2. The van der Waals surface area contributed by atoms with Gasteiger partial charge >= 0.3 is 0 Å². The number of hydrogen-bond donors (Lipinski definition) is 2. The Morgan fingerprint density at radius 1 is 1.05 bits per heavy atom. The van der Waals surface area contributed by atoms with Crippen molar-refractivity contribution in [2.75, 3.05) is 6.54 Å². The van der Waals surface area contributed by atoms with Crippen LogP contribution in [0.1, 0.15) is 17.0 Å². The molecule has 2 N–H and O–H groups in total. The Kier molecular flexibility index (Phi) is 4.54. The van der Waals surface area contributed by atoms with Gasteiger partial charge in [-0.3, -0.25) is 0 Å². The van der Waals surface area contributed by atoms with Gasteiger partial charge < -0.3 is 10.4 Å². The second-order valence-corrected chi connectivity index (χ2v) is 4.39. The molecule has 0 radical (unpaired) electrons. The second-order valence-electron chi connectivity index (χ2n) is 4.39. The van der Waals surface area contributed by atoms with Crippen molar-refractivity contribution in [2.45, 2.75) is 12.5 Å². The van der Waals surface area contributed by atoms with Gasteiger partial charge in [-0.15, -0.1) is 0 Å². The van der Waals surface area contributed by atoms with E-state index in [1.807, 2.05) is 42.5 Å². The van der Waals surface area contributed by atoms with Crippen LogP contribution in [0.5, 0.6) is 5.75 Å². The zero-order valence-electron chi connectivity index (χ0n) is 10.6. The van der Waals surface area contributed by atoms with E-state index in [4.69, 9.17) is 0 Å². The number of nitrogens with one attached hydrogen (secondary N) is 1. The van der Waals surface area contributed by atoms with Crippen molar-refractivity contribution in [1.82, 2.24) is 5.32 Å². The van der Waals surface area contributed by atoms with Crippen LogP contribution in [0.25, 0.3) is 0 Å². The third-order valence-electron chi connectivity index (χ3n) is 2.97. The highest BCUT2D eigenvalue weighted by Gasteiger charge is 2.08. The monoisotopic (exact) mass is 252 g/mol. The van der Waals surface area contributed by atoms with E-state index in [1.165, 1.54) is 0 Å². The highest BCUT2D eigenvalue weighted by Crippen LogP contribution is 2.14. The molecule has 0 aliphatic heterocycles. The molecular formula is C16H16N2O. The molecule has 2 aromatic rings. The van der Waals surface area contributed by atoms with Crippen molar-refractivity contribution in [3.63, 3.8) is 0 Å². The molecule has 96 valence electrons. The van der Waals surface area contributed by atoms with E-state index in [0.717, 1.165) is 11.1 Å². The van der Waals surface area contributed by atoms with E-state index in [9.17, 15) is 10.4 Å². The first-order valence-corrected chi connectivity index (χ1v) is 6.23. The molecule has 3 heteroatoms. The number of hydrogen-bond acceptors (Lipinski definition) is 3. The van der Waals surface area contributed by atoms with Gasteiger partial charge in [0.25, 0.3) is 0 Å². The zero-order valence-corrected chi connectivity index (χ0v) is 10.6. The number of aromatic hydroxyl groups is 1. The minimum atomic E-state index is -0.140. The minimum Gasteiger partial charge on any atom is -0.508 e. The van der Waals surface area contributed by atoms with Crippen molar-refractivity contribution in [3.05, 3.63) is 65.7 Å². The first-order chi connectivity index (χ1) is 9.29. The molecular weight excluding hydrogens is 236 g/mol. The first kappa shape index (κ1) is 13.1. The maximum atomic E-state index is 9.19. The molecule has 0 aromatic heterocycles. The second kappa shape index (κ2) is 6.58. The van der Waals surface area contributed by atoms with Gasteiger partial charge in [-0.05, 0) is 23.3 Å². The van der Waals surface area contributed by atoms with Crippen LogP contribution < -0.4 is 5.32 Å². The lowest BCUT2D eigenvalue weighted by atomic mass is 10.0. The SMILES string of the molecule is N#CC(CNCc1ccc(O)cc1)c1ccccc1. The fourth-order valence-electron chi connectivity index (χ4n) is 1.90. The molecule has 1 atom stereocenters. The number of nitrogens with zero attached hydrogens (tertiary/aromatic N) is 1. The topological polar surface area (TPSA) is 56.0 Å². The maximum Gasteiger partial charge on any atom is 0.115 e. The fraction of sp³-hybridized carbons (Fsp3) is 0.188. The highest BCUT2D eigenvalue weighted by molar-refractivity contribution is 5.27. The van der Waals surface area contributed by atoms with E-state index in [-0.39, 0.29) is 11.7 Å². The summed E-state index contributed by atoms with van der Waals surface area (Å²) >= 11 is 0. The van der Waals surface area contributed by atoms with Crippen LogP contribution in [0, 0.1) is 11.3 Å². The third-order valence-corrected chi connectivity index (χ3v) is 2.97. The molecule has 0 saturated heterocycles. The lowest BCUT2D eigenvalue weighted by molar-refractivity contribution is 0.475. The van der Waals surface area contributed by atoms with Gasteiger partial charge in [0.05, 0.1) is 12.0 Å². The molecule has 0 heterocycles. The van der Waals surface area contributed by atoms with Crippen LogP contribution in [0.4, 0.5) is 0 Å². The highest BCUT2D eigenvalue weighted by atomic mass is 16.3. The predicted octanol–water partition coefficient (Wildman–Crippen LogP) is 2.79. The van der Waals surface area contributed by atoms with E-state index in [2.05, 4.69) is 11.4 Å². The van der Waals surface area contributed by atoms with Gasteiger partial charge in [0.2, 0.25) is 0 Å². The molecule has 0 saturated carbocycles. The van der Waals surface area contributed by atoms with E-state index in [1.54, 1.807) is 12.1 Å². The molecule has 0 bridgehead atoms. The lowest BCUT2D eigenvalue weighted by Crippen LogP contribution is -2.20. The summed E-state index contributed by atoms with van der Waals surface area (Å²) in [5.74, 6) is 0.126. The van der Waals surface area contributed by atoms with Crippen LogP contribution in [-0.4, -0.2) is 11.7 Å².